The average molecular weight is 221 g/mol. The van der Waals surface area contributed by atoms with Crippen molar-refractivity contribution in [3.8, 4) is 6.07 Å². The van der Waals surface area contributed by atoms with Gasteiger partial charge in [-0.2, -0.15) is 5.26 Å². The van der Waals surface area contributed by atoms with E-state index < -0.39 is 0 Å². The Bertz CT molecular complexity index is 344. The first-order chi connectivity index (χ1) is 7.34. The third-order valence-electron chi connectivity index (χ3n) is 2.94. The molecule has 0 aliphatic heterocycles. The summed E-state index contributed by atoms with van der Waals surface area (Å²) >= 11 is 0. The van der Waals surface area contributed by atoms with Crippen molar-refractivity contribution in [2.45, 2.75) is 40.5 Å². The number of rotatable bonds is 1. The molecule has 0 N–H and O–H groups in total. The van der Waals surface area contributed by atoms with E-state index in [1.165, 1.54) is 6.92 Å². The highest BCUT2D eigenvalue weighted by atomic mass is 16.5. The van der Waals surface area contributed by atoms with E-state index in [0.29, 0.717) is 6.42 Å². The highest BCUT2D eigenvalue weighted by Gasteiger charge is 2.34. The molecule has 2 atom stereocenters. The van der Waals surface area contributed by atoms with Crippen LogP contribution in [0.3, 0.4) is 0 Å². The Morgan fingerprint density at radius 1 is 1.56 bits per heavy atom. The van der Waals surface area contributed by atoms with E-state index in [-0.39, 0.29) is 23.2 Å². The fourth-order valence-corrected chi connectivity index (χ4v) is 2.15. The molecule has 0 bridgehead atoms. The Morgan fingerprint density at radius 2 is 2.19 bits per heavy atom. The van der Waals surface area contributed by atoms with E-state index in [0.717, 1.165) is 12.2 Å². The van der Waals surface area contributed by atoms with Gasteiger partial charge in [0.25, 0.3) is 0 Å². The molecule has 0 fully saturated rings. The van der Waals surface area contributed by atoms with Gasteiger partial charge in [0.05, 0.1) is 12.0 Å². The van der Waals surface area contributed by atoms with Crippen molar-refractivity contribution in [3.05, 3.63) is 11.8 Å². The predicted octanol–water partition coefficient (Wildman–Crippen LogP) is 3.03. The first-order valence-electron chi connectivity index (χ1n) is 5.63. The van der Waals surface area contributed by atoms with Crippen molar-refractivity contribution in [2.75, 3.05) is 0 Å². The number of allylic oxidation sites excluding steroid dienone is 2. The molecule has 16 heavy (non-hydrogen) atoms. The second-order valence-electron chi connectivity index (χ2n) is 5.39. The number of hydrogen-bond donors (Lipinski definition) is 0. The monoisotopic (exact) mass is 221 g/mol. The van der Waals surface area contributed by atoms with Crippen LogP contribution in [-0.4, -0.2) is 5.97 Å². The van der Waals surface area contributed by atoms with Crippen molar-refractivity contribution in [2.24, 2.45) is 17.3 Å². The summed E-state index contributed by atoms with van der Waals surface area (Å²) in [5.74, 6) is 0.619. The van der Waals surface area contributed by atoms with Crippen molar-refractivity contribution in [3.63, 3.8) is 0 Å². The molecule has 0 amide bonds. The molecular weight excluding hydrogens is 202 g/mol. The van der Waals surface area contributed by atoms with Gasteiger partial charge in [-0.15, -0.1) is 0 Å². The Hall–Kier alpha value is -1.30. The summed E-state index contributed by atoms with van der Waals surface area (Å²) in [5.41, 5.74) is 0.0201. The minimum atomic E-state index is -0.283. The van der Waals surface area contributed by atoms with E-state index in [4.69, 9.17) is 10.00 Å². The molecule has 0 saturated heterocycles. The zero-order chi connectivity index (χ0) is 12.3. The number of carbonyl (C=O) groups excluding carboxylic acids is 1. The molecule has 88 valence electrons. The summed E-state index contributed by atoms with van der Waals surface area (Å²) in [6, 6.07) is 2.35. The fraction of sp³-hybridized carbons (Fsp3) is 0.692. The smallest absolute Gasteiger partial charge is 0.307 e. The normalized spacial score (nSPS) is 25.6. The maximum Gasteiger partial charge on any atom is 0.307 e. The molecule has 3 heteroatoms. The Labute approximate surface area is 97.1 Å². The van der Waals surface area contributed by atoms with Gasteiger partial charge in [-0.1, -0.05) is 20.8 Å². The van der Waals surface area contributed by atoms with Gasteiger partial charge in [0.2, 0.25) is 0 Å². The summed E-state index contributed by atoms with van der Waals surface area (Å²) in [6.07, 6.45) is 3.42. The molecule has 0 unspecified atom stereocenters. The van der Waals surface area contributed by atoms with Gasteiger partial charge in [-0.05, 0) is 17.9 Å². The lowest BCUT2D eigenvalue weighted by molar-refractivity contribution is -0.137. The summed E-state index contributed by atoms with van der Waals surface area (Å²) in [6.45, 7) is 7.73. The number of nitriles is 1. The molecule has 0 spiro atoms. The van der Waals surface area contributed by atoms with Crippen molar-refractivity contribution in [1.82, 2.24) is 0 Å². The van der Waals surface area contributed by atoms with Crippen LogP contribution in [0.15, 0.2) is 11.8 Å². The van der Waals surface area contributed by atoms with Crippen LogP contribution >= 0.6 is 0 Å². The first kappa shape index (κ1) is 12.8. The molecule has 0 heterocycles. The predicted molar refractivity (Wildman–Crippen MR) is 61.1 cm³/mol. The standard InChI is InChI=1S/C13H19NO2/c1-9(15)16-11-6-5-10(8-14)12(7-11)13(2,3)4/h7,10,12H,5-6H2,1-4H3/t10-,12-/m0/s1. The number of ether oxygens (including phenoxy) is 1. The van der Waals surface area contributed by atoms with Gasteiger partial charge >= 0.3 is 5.97 Å². The summed E-state index contributed by atoms with van der Waals surface area (Å²) in [7, 11) is 0. The third kappa shape index (κ3) is 3.10. The molecular formula is C13H19NO2. The fourth-order valence-electron chi connectivity index (χ4n) is 2.15. The van der Waals surface area contributed by atoms with Crippen LogP contribution in [-0.2, 0) is 9.53 Å². The number of hydrogen-bond acceptors (Lipinski definition) is 3. The molecule has 1 rings (SSSR count). The van der Waals surface area contributed by atoms with Crippen LogP contribution in [0.1, 0.15) is 40.5 Å². The SMILES string of the molecule is CC(=O)OC1=C[C@H](C(C)(C)C)[C@H](C#N)CC1. The quantitative estimate of drug-likeness (QED) is 0.639. The zero-order valence-electron chi connectivity index (χ0n) is 10.4. The first-order valence-corrected chi connectivity index (χ1v) is 5.63. The van der Waals surface area contributed by atoms with Crippen LogP contribution in [0.2, 0.25) is 0 Å². The highest BCUT2D eigenvalue weighted by molar-refractivity contribution is 5.67. The maximum absolute atomic E-state index is 10.9. The Balaban J connectivity index is 2.90. The van der Waals surface area contributed by atoms with Crippen molar-refractivity contribution in [1.29, 1.82) is 5.26 Å². The molecule has 0 aromatic rings. The molecule has 0 aromatic heterocycles. The minimum Gasteiger partial charge on any atom is -0.432 e. The third-order valence-corrected chi connectivity index (χ3v) is 2.94. The van der Waals surface area contributed by atoms with Gasteiger partial charge in [0, 0.05) is 19.3 Å². The highest BCUT2D eigenvalue weighted by Crippen LogP contribution is 2.40. The largest absolute Gasteiger partial charge is 0.432 e. The van der Waals surface area contributed by atoms with Gasteiger partial charge in [-0.3, -0.25) is 4.79 Å². The van der Waals surface area contributed by atoms with Crippen molar-refractivity contribution >= 4 is 5.97 Å². The van der Waals surface area contributed by atoms with Crippen LogP contribution in [0, 0.1) is 28.6 Å². The molecule has 0 saturated carbocycles. The van der Waals surface area contributed by atoms with Crippen LogP contribution in [0.5, 0.6) is 0 Å². The molecule has 0 aromatic carbocycles. The average Bonchev–Trinajstić information content (AvgIpc) is 2.15. The lowest BCUT2D eigenvalue weighted by atomic mass is 9.69. The molecule has 1 aliphatic carbocycles. The number of nitrogens with zero attached hydrogens (tertiary/aromatic N) is 1. The minimum absolute atomic E-state index is 0.0201. The topological polar surface area (TPSA) is 50.1 Å². The summed E-state index contributed by atoms with van der Waals surface area (Å²) < 4.78 is 5.12. The van der Waals surface area contributed by atoms with E-state index in [1.807, 2.05) is 6.08 Å². The molecule has 1 aliphatic rings. The lowest BCUT2D eigenvalue weighted by Gasteiger charge is -2.35. The second-order valence-corrected chi connectivity index (χ2v) is 5.39. The van der Waals surface area contributed by atoms with Crippen LogP contribution < -0.4 is 0 Å². The summed E-state index contributed by atoms with van der Waals surface area (Å²) in [5, 5.41) is 9.11. The van der Waals surface area contributed by atoms with Crippen LogP contribution in [0.25, 0.3) is 0 Å². The number of esters is 1. The summed E-state index contributed by atoms with van der Waals surface area (Å²) in [4.78, 5) is 10.9. The number of carbonyl (C=O) groups is 1. The van der Waals surface area contributed by atoms with E-state index in [1.54, 1.807) is 0 Å². The van der Waals surface area contributed by atoms with Crippen molar-refractivity contribution < 1.29 is 9.53 Å². The van der Waals surface area contributed by atoms with E-state index in [2.05, 4.69) is 26.8 Å². The maximum atomic E-state index is 10.9. The second kappa shape index (κ2) is 4.69. The van der Waals surface area contributed by atoms with Crippen LogP contribution in [0.4, 0.5) is 0 Å². The van der Waals surface area contributed by atoms with Gasteiger partial charge in [0.15, 0.2) is 0 Å². The van der Waals surface area contributed by atoms with E-state index in [9.17, 15) is 4.79 Å². The molecule has 3 nitrogen and oxygen atoms in total. The lowest BCUT2D eigenvalue weighted by Crippen LogP contribution is -2.29. The zero-order valence-corrected chi connectivity index (χ0v) is 10.4. The Morgan fingerprint density at radius 3 is 2.62 bits per heavy atom. The van der Waals surface area contributed by atoms with E-state index >= 15 is 0 Å². The van der Waals surface area contributed by atoms with Gasteiger partial charge in [-0.25, -0.2) is 0 Å². The molecule has 0 radical (unpaired) electrons. The Kier molecular flexibility index (Phi) is 3.74. The van der Waals surface area contributed by atoms with Gasteiger partial charge in [0.1, 0.15) is 5.76 Å². The van der Waals surface area contributed by atoms with Gasteiger partial charge < -0.3 is 4.74 Å².